The van der Waals surface area contributed by atoms with Crippen molar-refractivity contribution in [3.8, 4) is 5.75 Å². The third-order valence-corrected chi connectivity index (χ3v) is 3.62. The summed E-state index contributed by atoms with van der Waals surface area (Å²) in [6.07, 6.45) is 0.846. The van der Waals surface area contributed by atoms with Crippen molar-refractivity contribution in [1.82, 2.24) is 0 Å². The molecule has 2 aromatic carbocycles. The smallest absolute Gasteiger partial charge is 0.115 e. The van der Waals surface area contributed by atoms with E-state index in [-0.39, 0.29) is 11.8 Å². The van der Waals surface area contributed by atoms with Gasteiger partial charge in [0.25, 0.3) is 0 Å². The number of aromatic hydroxyl groups is 1. The first-order valence-electron chi connectivity index (χ1n) is 6.57. The van der Waals surface area contributed by atoms with E-state index in [2.05, 4.69) is 4.90 Å². The molecule has 3 N–H and O–H groups in total. The van der Waals surface area contributed by atoms with Crippen LogP contribution in [0.4, 0.5) is 5.69 Å². The molecule has 0 saturated carbocycles. The average Bonchev–Trinajstić information content (AvgIpc) is 2.46. The number of benzene rings is 2. The lowest BCUT2D eigenvalue weighted by Crippen LogP contribution is -2.23. The summed E-state index contributed by atoms with van der Waals surface area (Å²) in [5.74, 6) is 0.278. The van der Waals surface area contributed by atoms with Crippen LogP contribution in [0.5, 0.6) is 5.75 Å². The zero-order valence-corrected chi connectivity index (χ0v) is 12.2. The third kappa shape index (κ3) is 3.89. The molecule has 1 unspecified atom stereocenters. The lowest BCUT2D eigenvalue weighted by Gasteiger charge is -2.21. The van der Waals surface area contributed by atoms with Crippen molar-refractivity contribution in [3.63, 3.8) is 0 Å². The van der Waals surface area contributed by atoms with Gasteiger partial charge in [0.05, 0.1) is 0 Å². The minimum atomic E-state index is -0.00756. The van der Waals surface area contributed by atoms with Gasteiger partial charge in [0.2, 0.25) is 0 Å². The minimum Gasteiger partial charge on any atom is -0.508 e. The van der Waals surface area contributed by atoms with Crippen LogP contribution in [0.3, 0.4) is 0 Å². The first kappa shape index (κ1) is 14.7. The van der Waals surface area contributed by atoms with Crippen molar-refractivity contribution in [2.45, 2.75) is 12.5 Å². The Morgan fingerprint density at radius 3 is 2.30 bits per heavy atom. The molecule has 0 bridgehead atoms. The molecule has 4 heteroatoms. The lowest BCUT2D eigenvalue weighted by atomic mass is 10.0. The molecule has 1 atom stereocenters. The molecule has 2 aromatic rings. The van der Waals surface area contributed by atoms with E-state index in [1.54, 1.807) is 12.1 Å². The Balaban J connectivity index is 1.91. The van der Waals surface area contributed by atoms with Gasteiger partial charge in [-0.05, 0) is 48.4 Å². The molecule has 106 valence electrons. The van der Waals surface area contributed by atoms with Gasteiger partial charge in [0, 0.05) is 30.3 Å². The van der Waals surface area contributed by atoms with E-state index in [4.69, 9.17) is 17.3 Å². The molecule has 0 amide bonds. The second-order valence-electron chi connectivity index (χ2n) is 4.88. The predicted molar refractivity (Wildman–Crippen MR) is 84.4 cm³/mol. The maximum atomic E-state index is 9.28. The minimum absolute atomic E-state index is 0.00756. The number of phenolic OH excluding ortho intramolecular Hbond substituents is 1. The van der Waals surface area contributed by atoms with Crippen LogP contribution in [0.2, 0.25) is 5.02 Å². The standard InChI is InChI=1S/C16H19ClN2O/c1-19(14-6-8-15(20)9-7-14)11-10-16(18)12-2-4-13(17)5-3-12/h2-9,16,20H,10-11,18H2,1H3. The van der Waals surface area contributed by atoms with Gasteiger partial charge in [-0.1, -0.05) is 23.7 Å². The highest BCUT2D eigenvalue weighted by Crippen LogP contribution is 2.20. The molecule has 0 fully saturated rings. The van der Waals surface area contributed by atoms with E-state index in [0.717, 1.165) is 29.2 Å². The van der Waals surface area contributed by atoms with Crippen LogP contribution in [0.1, 0.15) is 18.0 Å². The molecule has 3 nitrogen and oxygen atoms in total. The van der Waals surface area contributed by atoms with Crippen LogP contribution < -0.4 is 10.6 Å². The number of hydrogen-bond donors (Lipinski definition) is 2. The van der Waals surface area contributed by atoms with E-state index in [9.17, 15) is 5.11 Å². The van der Waals surface area contributed by atoms with Gasteiger partial charge < -0.3 is 15.7 Å². The zero-order chi connectivity index (χ0) is 14.5. The average molecular weight is 291 g/mol. The van der Waals surface area contributed by atoms with Gasteiger partial charge in [-0.25, -0.2) is 0 Å². The van der Waals surface area contributed by atoms with Crippen molar-refractivity contribution in [2.24, 2.45) is 5.73 Å². The van der Waals surface area contributed by atoms with E-state index in [1.165, 1.54) is 0 Å². The van der Waals surface area contributed by atoms with Crippen LogP contribution in [-0.4, -0.2) is 18.7 Å². The fraction of sp³-hybridized carbons (Fsp3) is 0.250. The summed E-state index contributed by atoms with van der Waals surface area (Å²) in [6, 6.07) is 14.8. The summed E-state index contributed by atoms with van der Waals surface area (Å²) in [5.41, 5.74) is 8.34. The Hall–Kier alpha value is -1.71. The fourth-order valence-electron chi connectivity index (χ4n) is 2.05. The van der Waals surface area contributed by atoms with E-state index in [1.807, 2.05) is 43.4 Å². The number of nitrogens with zero attached hydrogens (tertiary/aromatic N) is 1. The lowest BCUT2D eigenvalue weighted by molar-refractivity contribution is 0.475. The maximum absolute atomic E-state index is 9.28. The van der Waals surface area contributed by atoms with Crippen molar-refractivity contribution >= 4 is 17.3 Å². The van der Waals surface area contributed by atoms with Gasteiger partial charge in [-0.15, -0.1) is 0 Å². The fourth-order valence-corrected chi connectivity index (χ4v) is 2.17. The molecule has 20 heavy (non-hydrogen) atoms. The topological polar surface area (TPSA) is 49.5 Å². The zero-order valence-electron chi connectivity index (χ0n) is 11.5. The molecule has 0 radical (unpaired) electrons. The summed E-state index contributed by atoms with van der Waals surface area (Å²) >= 11 is 5.87. The van der Waals surface area contributed by atoms with Crippen molar-refractivity contribution in [1.29, 1.82) is 0 Å². The molecule has 0 heterocycles. The second kappa shape index (κ2) is 6.64. The number of rotatable bonds is 5. The highest BCUT2D eigenvalue weighted by atomic mass is 35.5. The number of nitrogens with two attached hydrogens (primary N) is 1. The quantitative estimate of drug-likeness (QED) is 0.885. The van der Waals surface area contributed by atoms with Gasteiger partial charge in [-0.3, -0.25) is 0 Å². The van der Waals surface area contributed by atoms with E-state index in [0.29, 0.717) is 0 Å². The molecule has 0 aromatic heterocycles. The number of phenols is 1. The van der Waals surface area contributed by atoms with Gasteiger partial charge in [0.1, 0.15) is 5.75 Å². The summed E-state index contributed by atoms with van der Waals surface area (Å²) < 4.78 is 0. The highest BCUT2D eigenvalue weighted by molar-refractivity contribution is 6.30. The monoisotopic (exact) mass is 290 g/mol. The third-order valence-electron chi connectivity index (χ3n) is 3.36. The summed E-state index contributed by atoms with van der Waals surface area (Å²) in [4.78, 5) is 2.12. The summed E-state index contributed by atoms with van der Waals surface area (Å²) in [7, 11) is 2.01. The first-order chi connectivity index (χ1) is 9.56. The van der Waals surface area contributed by atoms with Gasteiger partial charge in [-0.2, -0.15) is 0 Å². The van der Waals surface area contributed by atoms with Crippen LogP contribution in [0.15, 0.2) is 48.5 Å². The summed E-state index contributed by atoms with van der Waals surface area (Å²) in [5, 5.41) is 10.0. The highest BCUT2D eigenvalue weighted by Gasteiger charge is 2.08. The largest absolute Gasteiger partial charge is 0.508 e. The molecule has 0 aliphatic carbocycles. The van der Waals surface area contributed by atoms with Crippen molar-refractivity contribution < 1.29 is 5.11 Å². The molecule has 0 aliphatic rings. The normalized spacial score (nSPS) is 12.2. The molecule has 0 saturated heterocycles. The number of halogens is 1. The molecule has 0 aliphatic heterocycles. The molecular weight excluding hydrogens is 272 g/mol. The van der Waals surface area contributed by atoms with Crippen molar-refractivity contribution in [3.05, 3.63) is 59.1 Å². The number of anilines is 1. The Morgan fingerprint density at radius 1 is 1.10 bits per heavy atom. The summed E-state index contributed by atoms with van der Waals surface area (Å²) in [6.45, 7) is 0.842. The Morgan fingerprint density at radius 2 is 1.70 bits per heavy atom. The maximum Gasteiger partial charge on any atom is 0.115 e. The molecule has 0 spiro atoms. The van der Waals surface area contributed by atoms with E-state index < -0.39 is 0 Å². The van der Waals surface area contributed by atoms with E-state index >= 15 is 0 Å². The van der Waals surface area contributed by atoms with Crippen LogP contribution in [0.25, 0.3) is 0 Å². The Labute approximate surface area is 124 Å². The number of hydrogen-bond acceptors (Lipinski definition) is 3. The Bertz CT molecular complexity index is 488. The SMILES string of the molecule is CN(CCC(N)c1ccc(Cl)cc1)c1ccc(O)cc1. The van der Waals surface area contributed by atoms with Crippen LogP contribution in [0, 0.1) is 0 Å². The molecule has 2 rings (SSSR count). The Kier molecular flexibility index (Phi) is 4.88. The predicted octanol–water partition coefficient (Wildman–Crippen LogP) is 3.57. The van der Waals surface area contributed by atoms with Crippen LogP contribution in [-0.2, 0) is 0 Å². The van der Waals surface area contributed by atoms with Gasteiger partial charge >= 0.3 is 0 Å². The van der Waals surface area contributed by atoms with Crippen molar-refractivity contribution in [2.75, 3.05) is 18.5 Å². The molecular formula is C16H19ClN2O. The van der Waals surface area contributed by atoms with Gasteiger partial charge in [0.15, 0.2) is 0 Å². The first-order valence-corrected chi connectivity index (χ1v) is 6.95. The second-order valence-corrected chi connectivity index (χ2v) is 5.32. The van der Waals surface area contributed by atoms with Crippen LogP contribution >= 0.6 is 11.6 Å².